The molecule has 0 spiro atoms. The van der Waals surface area contributed by atoms with Gasteiger partial charge in [0.2, 0.25) is 6.33 Å². The van der Waals surface area contributed by atoms with Crippen molar-refractivity contribution in [3.8, 4) is 0 Å². The van der Waals surface area contributed by atoms with E-state index in [1.807, 2.05) is 0 Å². The van der Waals surface area contributed by atoms with Gasteiger partial charge in [0.15, 0.2) is 0 Å². The van der Waals surface area contributed by atoms with Gasteiger partial charge in [-0.1, -0.05) is 4.98 Å². The second-order valence-electron chi connectivity index (χ2n) is 2.47. The summed E-state index contributed by atoms with van der Waals surface area (Å²) in [7, 11) is 0. The highest BCUT2D eigenvalue weighted by Gasteiger charge is 2.18. The zero-order valence-corrected chi connectivity index (χ0v) is 6.90. The third kappa shape index (κ3) is 2.23. The number of rotatable bonds is 4. The van der Waals surface area contributed by atoms with Gasteiger partial charge in [-0.3, -0.25) is 4.79 Å². The summed E-state index contributed by atoms with van der Waals surface area (Å²) in [4.78, 5) is 23.0. The standard InChI is InChI=1S/C5H7N5O4/c6-3(4(11)12)1-9-2-7-5(8-9)10(13)14/h2-3H,1,6H2,(H,11,12). The van der Waals surface area contributed by atoms with Crippen molar-refractivity contribution in [1.82, 2.24) is 14.8 Å². The van der Waals surface area contributed by atoms with Crippen molar-refractivity contribution in [2.45, 2.75) is 12.6 Å². The maximum atomic E-state index is 10.3. The SMILES string of the molecule is NC(Cn1cnc([N+](=O)[O-])n1)C(=O)O. The number of carboxylic acids is 1. The Balaban J connectivity index is 2.69. The van der Waals surface area contributed by atoms with E-state index in [1.165, 1.54) is 0 Å². The van der Waals surface area contributed by atoms with Crippen LogP contribution in [0.1, 0.15) is 0 Å². The van der Waals surface area contributed by atoms with Crippen LogP contribution < -0.4 is 5.73 Å². The molecular formula is C5H7N5O4. The lowest BCUT2D eigenvalue weighted by Gasteiger charge is -2.01. The second kappa shape index (κ2) is 3.79. The van der Waals surface area contributed by atoms with Gasteiger partial charge >= 0.3 is 11.9 Å². The van der Waals surface area contributed by atoms with Crippen LogP contribution in [0, 0.1) is 10.1 Å². The first-order chi connectivity index (χ1) is 6.50. The smallest absolute Gasteiger partial charge is 0.480 e. The topological polar surface area (TPSA) is 137 Å². The summed E-state index contributed by atoms with van der Waals surface area (Å²) in [5.41, 5.74) is 5.18. The molecular weight excluding hydrogens is 194 g/mol. The van der Waals surface area contributed by atoms with Gasteiger partial charge in [-0.05, 0) is 4.92 Å². The predicted octanol–water partition coefficient (Wildman–Crippen LogP) is -1.40. The Bertz CT molecular complexity index is 361. The Hall–Kier alpha value is -2.03. The average molecular weight is 201 g/mol. The Morgan fingerprint density at radius 3 is 2.93 bits per heavy atom. The van der Waals surface area contributed by atoms with Crippen LogP contribution in [0.15, 0.2) is 6.33 Å². The molecule has 1 aromatic heterocycles. The fourth-order valence-electron chi connectivity index (χ4n) is 0.736. The van der Waals surface area contributed by atoms with Crippen molar-refractivity contribution in [2.24, 2.45) is 5.73 Å². The molecule has 3 N–H and O–H groups in total. The molecule has 9 heteroatoms. The third-order valence-electron chi connectivity index (χ3n) is 1.39. The summed E-state index contributed by atoms with van der Waals surface area (Å²) in [5.74, 6) is -1.79. The van der Waals surface area contributed by atoms with E-state index in [-0.39, 0.29) is 6.54 Å². The van der Waals surface area contributed by atoms with E-state index in [0.717, 1.165) is 11.0 Å². The highest BCUT2D eigenvalue weighted by Crippen LogP contribution is 1.99. The first-order valence-electron chi connectivity index (χ1n) is 3.53. The minimum atomic E-state index is -1.21. The Labute approximate surface area is 77.3 Å². The molecule has 0 aromatic carbocycles. The molecule has 0 aliphatic heterocycles. The third-order valence-corrected chi connectivity index (χ3v) is 1.39. The zero-order valence-electron chi connectivity index (χ0n) is 6.90. The van der Waals surface area contributed by atoms with Gasteiger partial charge in [-0.25, -0.2) is 0 Å². The molecule has 1 unspecified atom stereocenters. The zero-order chi connectivity index (χ0) is 10.7. The number of aliphatic carboxylic acids is 1. The van der Waals surface area contributed by atoms with Crippen molar-refractivity contribution >= 4 is 11.9 Å². The minimum Gasteiger partial charge on any atom is -0.480 e. The fourth-order valence-corrected chi connectivity index (χ4v) is 0.736. The maximum Gasteiger partial charge on any atom is 0.490 e. The van der Waals surface area contributed by atoms with Crippen molar-refractivity contribution in [1.29, 1.82) is 0 Å². The number of nitrogens with two attached hydrogens (primary N) is 1. The van der Waals surface area contributed by atoms with Gasteiger partial charge < -0.3 is 21.0 Å². The maximum absolute atomic E-state index is 10.3. The second-order valence-corrected chi connectivity index (χ2v) is 2.47. The van der Waals surface area contributed by atoms with Gasteiger partial charge in [0.05, 0.1) is 6.54 Å². The van der Waals surface area contributed by atoms with Gasteiger partial charge in [-0.2, -0.15) is 4.68 Å². The molecule has 14 heavy (non-hydrogen) atoms. The van der Waals surface area contributed by atoms with Gasteiger partial charge in [-0.15, -0.1) is 0 Å². The number of hydrogen-bond donors (Lipinski definition) is 2. The molecule has 9 nitrogen and oxygen atoms in total. The van der Waals surface area contributed by atoms with Gasteiger partial charge in [0, 0.05) is 5.10 Å². The number of nitro groups is 1. The monoisotopic (exact) mass is 201 g/mol. The van der Waals surface area contributed by atoms with E-state index in [4.69, 9.17) is 10.8 Å². The quantitative estimate of drug-likeness (QED) is 0.451. The molecule has 0 aliphatic carbocycles. The minimum absolute atomic E-state index is 0.157. The summed E-state index contributed by atoms with van der Waals surface area (Å²) in [5, 5.41) is 22.0. The van der Waals surface area contributed by atoms with Crippen molar-refractivity contribution in [2.75, 3.05) is 0 Å². The van der Waals surface area contributed by atoms with Crippen LogP contribution in [0.3, 0.4) is 0 Å². The van der Waals surface area contributed by atoms with E-state index in [1.54, 1.807) is 0 Å². The summed E-state index contributed by atoms with van der Waals surface area (Å²) in [6.45, 7) is -0.157. The van der Waals surface area contributed by atoms with Crippen LogP contribution in [-0.2, 0) is 11.3 Å². The van der Waals surface area contributed by atoms with Crippen LogP contribution in [0.4, 0.5) is 5.95 Å². The average Bonchev–Trinajstić information content (AvgIpc) is 2.52. The molecule has 1 heterocycles. The van der Waals surface area contributed by atoms with Crippen LogP contribution >= 0.6 is 0 Å². The number of aromatic nitrogens is 3. The molecule has 1 atom stereocenters. The van der Waals surface area contributed by atoms with Crippen molar-refractivity contribution < 1.29 is 14.8 Å². The molecule has 0 aliphatic rings. The Morgan fingerprint density at radius 1 is 1.86 bits per heavy atom. The fraction of sp³-hybridized carbons (Fsp3) is 0.400. The molecule has 0 bridgehead atoms. The van der Waals surface area contributed by atoms with E-state index in [2.05, 4.69) is 10.1 Å². The molecule has 0 saturated heterocycles. The van der Waals surface area contributed by atoms with E-state index >= 15 is 0 Å². The highest BCUT2D eigenvalue weighted by atomic mass is 16.6. The van der Waals surface area contributed by atoms with Crippen molar-refractivity contribution in [3.05, 3.63) is 16.4 Å². The molecule has 1 aromatic rings. The van der Waals surface area contributed by atoms with Crippen LogP contribution in [-0.4, -0.2) is 36.8 Å². The van der Waals surface area contributed by atoms with E-state index < -0.39 is 22.9 Å². The lowest BCUT2D eigenvalue weighted by molar-refractivity contribution is -0.394. The molecule has 0 fully saturated rings. The largest absolute Gasteiger partial charge is 0.490 e. The summed E-state index contributed by atoms with van der Waals surface area (Å²) in [6, 6.07) is -1.16. The first kappa shape index (κ1) is 10.1. The summed E-state index contributed by atoms with van der Waals surface area (Å²) < 4.78 is 1.01. The number of carboxylic acid groups (broad SMARTS) is 1. The lowest BCUT2D eigenvalue weighted by atomic mass is 10.3. The van der Waals surface area contributed by atoms with Crippen LogP contribution in [0.5, 0.6) is 0 Å². The van der Waals surface area contributed by atoms with Gasteiger partial charge in [0.25, 0.3) is 0 Å². The van der Waals surface area contributed by atoms with Crippen molar-refractivity contribution in [3.63, 3.8) is 0 Å². The van der Waals surface area contributed by atoms with E-state index in [0.29, 0.717) is 0 Å². The number of nitrogens with zero attached hydrogens (tertiary/aromatic N) is 4. The molecule has 1 rings (SSSR count). The molecule has 0 radical (unpaired) electrons. The number of hydrogen-bond acceptors (Lipinski definition) is 6. The Kier molecular flexibility index (Phi) is 2.72. The summed E-state index contributed by atoms with van der Waals surface area (Å²) in [6.07, 6.45) is 1.06. The van der Waals surface area contributed by atoms with Crippen LogP contribution in [0.2, 0.25) is 0 Å². The normalized spacial score (nSPS) is 12.4. The van der Waals surface area contributed by atoms with E-state index in [9.17, 15) is 14.9 Å². The van der Waals surface area contributed by atoms with Gasteiger partial charge in [0.1, 0.15) is 6.04 Å². The molecule has 0 saturated carbocycles. The predicted molar refractivity (Wildman–Crippen MR) is 42.3 cm³/mol. The van der Waals surface area contributed by atoms with Crippen LogP contribution in [0.25, 0.3) is 0 Å². The molecule has 76 valence electrons. The lowest BCUT2D eigenvalue weighted by Crippen LogP contribution is -2.34. The summed E-state index contributed by atoms with van der Waals surface area (Å²) >= 11 is 0. The molecule has 0 amide bonds. The Morgan fingerprint density at radius 2 is 2.50 bits per heavy atom. The number of carbonyl (C=O) groups is 1. The highest BCUT2D eigenvalue weighted by molar-refractivity contribution is 5.72. The first-order valence-corrected chi connectivity index (χ1v) is 3.53.